The molecule has 2 aromatic carbocycles. The van der Waals surface area contributed by atoms with Gasteiger partial charge in [0, 0.05) is 42.6 Å². The zero-order chi connectivity index (χ0) is 25.7. The second-order valence-corrected chi connectivity index (χ2v) is 8.47. The predicted molar refractivity (Wildman–Crippen MR) is 129 cm³/mol. The molecule has 4 rings (SSSR count). The van der Waals surface area contributed by atoms with Crippen LogP contribution >= 0.6 is 0 Å². The number of benzene rings is 2. The molecule has 0 spiro atoms. The van der Waals surface area contributed by atoms with E-state index in [-0.39, 0.29) is 6.42 Å². The number of nitrogens with zero attached hydrogens (tertiary/aromatic N) is 3. The Kier molecular flexibility index (Phi) is 7.42. The van der Waals surface area contributed by atoms with Crippen molar-refractivity contribution < 1.29 is 27.8 Å². The lowest BCUT2D eigenvalue weighted by Crippen LogP contribution is -2.27. The molecule has 0 aliphatic carbocycles. The van der Waals surface area contributed by atoms with Gasteiger partial charge in [0.25, 0.3) is 0 Å². The number of halogens is 3. The standard InChI is InChI=1S/C26H25F3N4O3/c1-17-13-31-25(32-14-17)33(16-18-3-5-20(6-4-18)26(27,28)29)9-2-10-36-21-7-8-23-22(12-21)19(15-30-23)11-24(34)35/h3-8,12-15,30H,2,9-11,16H2,1H3,(H,34,35). The van der Waals surface area contributed by atoms with Gasteiger partial charge in [-0.15, -0.1) is 0 Å². The SMILES string of the molecule is Cc1cnc(N(CCCOc2ccc3[nH]cc(CC(=O)O)c3c2)Cc2ccc(C(F)(F)F)cc2)nc1. The van der Waals surface area contributed by atoms with Crippen LogP contribution in [0.25, 0.3) is 10.9 Å². The number of carboxylic acids is 1. The Morgan fingerprint density at radius 1 is 1.11 bits per heavy atom. The molecule has 0 fully saturated rings. The van der Waals surface area contributed by atoms with Crippen LogP contribution in [0.3, 0.4) is 0 Å². The summed E-state index contributed by atoms with van der Waals surface area (Å²) in [6.45, 7) is 3.11. The first-order chi connectivity index (χ1) is 17.2. The highest BCUT2D eigenvalue weighted by Gasteiger charge is 2.30. The number of aryl methyl sites for hydroxylation is 1. The normalized spacial score (nSPS) is 11.6. The summed E-state index contributed by atoms with van der Waals surface area (Å²) in [6, 6.07) is 10.5. The molecular weight excluding hydrogens is 473 g/mol. The smallest absolute Gasteiger partial charge is 0.416 e. The average molecular weight is 499 g/mol. The molecule has 10 heteroatoms. The van der Waals surface area contributed by atoms with Crippen molar-refractivity contribution in [1.82, 2.24) is 15.0 Å². The summed E-state index contributed by atoms with van der Waals surface area (Å²) in [5.41, 5.74) is 2.43. The van der Waals surface area contributed by atoms with Gasteiger partial charge < -0.3 is 19.7 Å². The summed E-state index contributed by atoms with van der Waals surface area (Å²) in [6.07, 6.45) is 1.21. The summed E-state index contributed by atoms with van der Waals surface area (Å²) in [5.74, 6) is 0.191. The van der Waals surface area contributed by atoms with Gasteiger partial charge in [-0.3, -0.25) is 4.79 Å². The van der Waals surface area contributed by atoms with Gasteiger partial charge >= 0.3 is 12.1 Å². The van der Waals surface area contributed by atoms with Crippen molar-refractivity contribution in [1.29, 1.82) is 0 Å². The quantitative estimate of drug-likeness (QED) is 0.285. The molecule has 0 saturated carbocycles. The Bertz CT molecular complexity index is 1320. The number of anilines is 1. The zero-order valence-corrected chi connectivity index (χ0v) is 19.5. The second kappa shape index (κ2) is 10.7. The van der Waals surface area contributed by atoms with Crippen LogP contribution in [0.2, 0.25) is 0 Å². The maximum Gasteiger partial charge on any atom is 0.416 e. The minimum Gasteiger partial charge on any atom is -0.494 e. The Morgan fingerprint density at radius 3 is 2.50 bits per heavy atom. The summed E-state index contributed by atoms with van der Waals surface area (Å²) in [5, 5.41) is 9.89. The average Bonchev–Trinajstić information content (AvgIpc) is 3.22. The van der Waals surface area contributed by atoms with Gasteiger partial charge in [-0.1, -0.05) is 12.1 Å². The number of carboxylic acid groups (broad SMARTS) is 1. The van der Waals surface area contributed by atoms with Crippen molar-refractivity contribution in [2.45, 2.75) is 32.5 Å². The third-order valence-electron chi connectivity index (χ3n) is 5.63. The highest BCUT2D eigenvalue weighted by molar-refractivity contribution is 5.88. The van der Waals surface area contributed by atoms with E-state index in [1.54, 1.807) is 18.6 Å². The van der Waals surface area contributed by atoms with Crippen LogP contribution in [0.4, 0.5) is 19.1 Å². The Balaban J connectivity index is 1.41. The molecule has 0 unspecified atom stereocenters. The molecule has 4 aromatic rings. The van der Waals surface area contributed by atoms with Gasteiger partial charge in [0.1, 0.15) is 5.75 Å². The molecule has 0 saturated heterocycles. The molecule has 0 aliphatic rings. The highest BCUT2D eigenvalue weighted by Crippen LogP contribution is 2.29. The lowest BCUT2D eigenvalue weighted by Gasteiger charge is -2.23. The van der Waals surface area contributed by atoms with E-state index in [4.69, 9.17) is 9.84 Å². The number of hydrogen-bond acceptors (Lipinski definition) is 5. The molecule has 2 aromatic heterocycles. The van der Waals surface area contributed by atoms with E-state index < -0.39 is 17.7 Å². The minimum absolute atomic E-state index is 0.0844. The van der Waals surface area contributed by atoms with Crippen molar-refractivity contribution in [3.63, 3.8) is 0 Å². The number of fused-ring (bicyclic) bond motifs is 1. The van der Waals surface area contributed by atoms with Crippen molar-refractivity contribution in [2.24, 2.45) is 0 Å². The molecule has 188 valence electrons. The van der Waals surface area contributed by atoms with E-state index in [0.29, 0.717) is 48.9 Å². The van der Waals surface area contributed by atoms with Crippen LogP contribution in [0.15, 0.2) is 61.1 Å². The molecular formula is C26H25F3N4O3. The van der Waals surface area contributed by atoms with Crippen molar-refractivity contribution in [3.05, 3.63) is 83.3 Å². The van der Waals surface area contributed by atoms with E-state index in [2.05, 4.69) is 15.0 Å². The maximum absolute atomic E-state index is 12.9. The fraction of sp³-hybridized carbons (Fsp3) is 0.269. The van der Waals surface area contributed by atoms with Crippen molar-refractivity contribution >= 4 is 22.8 Å². The fourth-order valence-corrected chi connectivity index (χ4v) is 3.82. The topological polar surface area (TPSA) is 91.3 Å². The third-order valence-corrected chi connectivity index (χ3v) is 5.63. The van der Waals surface area contributed by atoms with E-state index in [1.165, 1.54) is 12.1 Å². The number of rotatable bonds is 10. The van der Waals surface area contributed by atoms with Crippen LogP contribution in [0.5, 0.6) is 5.75 Å². The van der Waals surface area contributed by atoms with Crippen LogP contribution in [-0.4, -0.2) is 39.2 Å². The van der Waals surface area contributed by atoms with Gasteiger partial charge in [-0.2, -0.15) is 13.2 Å². The number of carbonyl (C=O) groups is 1. The van der Waals surface area contributed by atoms with E-state index in [1.807, 2.05) is 30.0 Å². The second-order valence-electron chi connectivity index (χ2n) is 8.47. The van der Waals surface area contributed by atoms with Gasteiger partial charge in [-0.25, -0.2) is 9.97 Å². The lowest BCUT2D eigenvalue weighted by molar-refractivity contribution is -0.138. The number of alkyl halides is 3. The number of ether oxygens (including phenoxy) is 1. The molecule has 7 nitrogen and oxygen atoms in total. The third kappa shape index (κ3) is 6.32. The summed E-state index contributed by atoms with van der Waals surface area (Å²) < 4.78 is 44.6. The minimum atomic E-state index is -4.38. The van der Waals surface area contributed by atoms with Gasteiger partial charge in [0.15, 0.2) is 0 Å². The molecule has 0 aliphatic heterocycles. The van der Waals surface area contributed by atoms with Crippen LogP contribution < -0.4 is 9.64 Å². The van der Waals surface area contributed by atoms with Gasteiger partial charge in [-0.05, 0) is 60.4 Å². The van der Waals surface area contributed by atoms with Crippen LogP contribution in [0, 0.1) is 6.92 Å². The van der Waals surface area contributed by atoms with Crippen LogP contribution in [0.1, 0.15) is 28.7 Å². The van der Waals surface area contributed by atoms with Crippen LogP contribution in [-0.2, 0) is 23.9 Å². The number of aromatic amines is 1. The number of H-pyrrole nitrogens is 1. The Labute approximate surface area is 205 Å². The van der Waals surface area contributed by atoms with Crippen molar-refractivity contribution in [3.8, 4) is 5.75 Å². The molecule has 36 heavy (non-hydrogen) atoms. The first kappa shape index (κ1) is 25.0. The summed E-state index contributed by atoms with van der Waals surface area (Å²) in [7, 11) is 0. The van der Waals surface area contributed by atoms with E-state index in [9.17, 15) is 18.0 Å². The Hall–Kier alpha value is -4.08. The summed E-state index contributed by atoms with van der Waals surface area (Å²) >= 11 is 0. The molecule has 2 N–H and O–H groups in total. The fourth-order valence-electron chi connectivity index (χ4n) is 3.82. The number of hydrogen-bond donors (Lipinski definition) is 2. The first-order valence-electron chi connectivity index (χ1n) is 11.3. The molecule has 0 bridgehead atoms. The Morgan fingerprint density at radius 2 is 1.83 bits per heavy atom. The largest absolute Gasteiger partial charge is 0.494 e. The highest BCUT2D eigenvalue weighted by atomic mass is 19.4. The zero-order valence-electron chi connectivity index (χ0n) is 19.5. The van der Waals surface area contributed by atoms with E-state index in [0.717, 1.165) is 28.6 Å². The van der Waals surface area contributed by atoms with Gasteiger partial charge in [0.2, 0.25) is 5.95 Å². The molecule has 0 atom stereocenters. The maximum atomic E-state index is 12.9. The first-order valence-corrected chi connectivity index (χ1v) is 11.3. The van der Waals surface area contributed by atoms with Crippen molar-refractivity contribution in [2.75, 3.05) is 18.1 Å². The number of aliphatic carboxylic acids is 1. The van der Waals surface area contributed by atoms with Gasteiger partial charge in [0.05, 0.1) is 18.6 Å². The lowest BCUT2D eigenvalue weighted by atomic mass is 10.1. The molecule has 0 radical (unpaired) electrons. The molecule has 2 heterocycles. The molecule has 0 amide bonds. The van der Waals surface area contributed by atoms with E-state index >= 15 is 0 Å². The number of aromatic nitrogens is 3. The monoisotopic (exact) mass is 498 g/mol. The summed E-state index contributed by atoms with van der Waals surface area (Å²) in [4.78, 5) is 24.8. The predicted octanol–water partition coefficient (Wildman–Crippen LogP) is 5.39. The number of nitrogens with one attached hydrogen (secondary N) is 1.